The van der Waals surface area contributed by atoms with Gasteiger partial charge in [0.15, 0.2) is 0 Å². The van der Waals surface area contributed by atoms with Gasteiger partial charge in [-0.1, -0.05) is 6.07 Å². The minimum Gasteiger partial charge on any atom is -0.488 e. The SMILES string of the molecule is O[C@@H]1C[C@H]2CNC[C@H]2C[C@H]1Oc1ccc2c(c1)CCNCC2. The lowest BCUT2D eigenvalue weighted by Crippen LogP contribution is -2.42. The molecule has 0 aromatic heterocycles. The van der Waals surface area contributed by atoms with Crippen molar-refractivity contribution in [1.82, 2.24) is 10.6 Å². The molecule has 2 fully saturated rings. The van der Waals surface area contributed by atoms with E-state index < -0.39 is 0 Å². The number of aliphatic hydroxyl groups excluding tert-OH is 1. The van der Waals surface area contributed by atoms with E-state index in [1.54, 1.807) is 0 Å². The lowest BCUT2D eigenvalue weighted by Gasteiger charge is -2.35. The van der Waals surface area contributed by atoms with Crippen LogP contribution in [0, 0.1) is 11.8 Å². The number of benzene rings is 1. The minimum atomic E-state index is -0.332. The fourth-order valence-electron chi connectivity index (χ4n) is 4.28. The van der Waals surface area contributed by atoms with Crippen molar-refractivity contribution in [3.05, 3.63) is 29.3 Å². The number of rotatable bonds is 2. The summed E-state index contributed by atoms with van der Waals surface area (Å²) in [5, 5.41) is 17.3. The molecule has 3 aliphatic rings. The fourth-order valence-corrected chi connectivity index (χ4v) is 4.28. The molecule has 2 heterocycles. The van der Waals surface area contributed by atoms with Gasteiger partial charge in [0.25, 0.3) is 0 Å². The average Bonchev–Trinajstić information content (AvgIpc) is 2.83. The summed E-state index contributed by atoms with van der Waals surface area (Å²) in [7, 11) is 0. The zero-order chi connectivity index (χ0) is 14.9. The van der Waals surface area contributed by atoms with Crippen LogP contribution in [0.15, 0.2) is 18.2 Å². The molecule has 4 heteroatoms. The molecule has 1 aliphatic carbocycles. The molecular weight excluding hydrogens is 276 g/mol. The monoisotopic (exact) mass is 302 g/mol. The summed E-state index contributed by atoms with van der Waals surface area (Å²) in [5.41, 5.74) is 2.83. The molecule has 1 saturated heterocycles. The predicted molar refractivity (Wildman–Crippen MR) is 86.2 cm³/mol. The molecule has 0 radical (unpaired) electrons. The fraction of sp³-hybridized carbons (Fsp3) is 0.667. The molecule has 2 aliphatic heterocycles. The molecule has 0 amide bonds. The molecule has 0 bridgehead atoms. The summed E-state index contributed by atoms with van der Waals surface area (Å²) in [5.74, 6) is 2.22. The van der Waals surface area contributed by atoms with Gasteiger partial charge in [-0.15, -0.1) is 0 Å². The van der Waals surface area contributed by atoms with E-state index in [-0.39, 0.29) is 12.2 Å². The molecule has 1 aromatic carbocycles. The number of ether oxygens (including phenoxy) is 1. The van der Waals surface area contributed by atoms with Gasteiger partial charge >= 0.3 is 0 Å². The van der Waals surface area contributed by atoms with E-state index in [2.05, 4.69) is 28.8 Å². The van der Waals surface area contributed by atoms with Gasteiger partial charge in [0.05, 0.1) is 6.10 Å². The molecule has 120 valence electrons. The normalized spacial score (nSPS) is 34.6. The van der Waals surface area contributed by atoms with Crippen molar-refractivity contribution in [3.63, 3.8) is 0 Å². The van der Waals surface area contributed by atoms with Gasteiger partial charge in [0.2, 0.25) is 0 Å². The third-order valence-corrected chi connectivity index (χ3v) is 5.60. The van der Waals surface area contributed by atoms with Gasteiger partial charge in [0.1, 0.15) is 11.9 Å². The van der Waals surface area contributed by atoms with Crippen LogP contribution in [-0.4, -0.2) is 43.5 Å². The van der Waals surface area contributed by atoms with Crippen molar-refractivity contribution in [2.45, 2.75) is 37.9 Å². The second-order valence-electron chi connectivity index (χ2n) is 7.05. The maximum Gasteiger partial charge on any atom is 0.125 e. The Bertz CT molecular complexity index is 534. The molecule has 0 unspecified atom stereocenters. The molecule has 4 atom stereocenters. The highest BCUT2D eigenvalue weighted by Crippen LogP contribution is 2.35. The highest BCUT2D eigenvalue weighted by Gasteiger charge is 2.39. The van der Waals surface area contributed by atoms with E-state index in [1.165, 1.54) is 11.1 Å². The van der Waals surface area contributed by atoms with E-state index in [4.69, 9.17) is 4.74 Å². The first-order valence-corrected chi connectivity index (χ1v) is 8.67. The molecule has 1 saturated carbocycles. The number of aliphatic hydroxyl groups is 1. The third kappa shape index (κ3) is 2.87. The minimum absolute atomic E-state index is 0.0527. The van der Waals surface area contributed by atoms with Crippen LogP contribution in [0.4, 0.5) is 0 Å². The zero-order valence-corrected chi connectivity index (χ0v) is 13.1. The Morgan fingerprint density at radius 2 is 1.73 bits per heavy atom. The Morgan fingerprint density at radius 1 is 0.955 bits per heavy atom. The smallest absolute Gasteiger partial charge is 0.125 e. The second kappa shape index (κ2) is 6.19. The van der Waals surface area contributed by atoms with E-state index in [9.17, 15) is 5.11 Å². The zero-order valence-electron chi connectivity index (χ0n) is 13.1. The van der Waals surface area contributed by atoms with Crippen molar-refractivity contribution in [1.29, 1.82) is 0 Å². The molecule has 0 spiro atoms. The van der Waals surface area contributed by atoms with Crippen molar-refractivity contribution in [2.75, 3.05) is 26.2 Å². The van der Waals surface area contributed by atoms with Crippen LogP contribution in [0.5, 0.6) is 5.75 Å². The van der Waals surface area contributed by atoms with E-state index in [1.807, 2.05) is 0 Å². The Hall–Kier alpha value is -1.10. The first-order chi connectivity index (χ1) is 10.8. The van der Waals surface area contributed by atoms with E-state index in [0.717, 1.165) is 57.6 Å². The molecule has 4 nitrogen and oxygen atoms in total. The van der Waals surface area contributed by atoms with Crippen LogP contribution in [-0.2, 0) is 12.8 Å². The average molecular weight is 302 g/mol. The van der Waals surface area contributed by atoms with Gasteiger partial charge in [0, 0.05) is 0 Å². The Labute approximate surface area is 132 Å². The Kier molecular flexibility index (Phi) is 4.07. The lowest BCUT2D eigenvalue weighted by molar-refractivity contribution is -0.0231. The van der Waals surface area contributed by atoms with Crippen LogP contribution >= 0.6 is 0 Å². The third-order valence-electron chi connectivity index (χ3n) is 5.60. The van der Waals surface area contributed by atoms with Crippen molar-refractivity contribution in [2.24, 2.45) is 11.8 Å². The van der Waals surface area contributed by atoms with Gasteiger partial charge in [-0.05, 0) is 87.0 Å². The summed E-state index contributed by atoms with van der Waals surface area (Å²) in [6.45, 7) is 4.23. The Balaban J connectivity index is 1.47. The summed E-state index contributed by atoms with van der Waals surface area (Å²) < 4.78 is 6.18. The number of fused-ring (bicyclic) bond motifs is 2. The second-order valence-corrected chi connectivity index (χ2v) is 7.05. The first kappa shape index (κ1) is 14.5. The Morgan fingerprint density at radius 3 is 2.59 bits per heavy atom. The summed E-state index contributed by atoms with van der Waals surface area (Å²) in [6.07, 6.45) is 3.62. The maximum absolute atomic E-state index is 10.4. The summed E-state index contributed by atoms with van der Waals surface area (Å²) >= 11 is 0. The maximum atomic E-state index is 10.4. The van der Waals surface area contributed by atoms with Crippen LogP contribution < -0.4 is 15.4 Å². The van der Waals surface area contributed by atoms with Gasteiger partial charge in [-0.2, -0.15) is 0 Å². The van der Waals surface area contributed by atoms with Crippen LogP contribution in [0.25, 0.3) is 0 Å². The van der Waals surface area contributed by atoms with Crippen LogP contribution in [0.2, 0.25) is 0 Å². The van der Waals surface area contributed by atoms with Crippen LogP contribution in [0.1, 0.15) is 24.0 Å². The molecule has 1 aromatic rings. The van der Waals surface area contributed by atoms with Crippen molar-refractivity contribution >= 4 is 0 Å². The predicted octanol–water partition coefficient (Wildman–Crippen LogP) is 1.11. The van der Waals surface area contributed by atoms with Gasteiger partial charge < -0.3 is 20.5 Å². The van der Waals surface area contributed by atoms with Gasteiger partial charge in [-0.25, -0.2) is 0 Å². The number of nitrogens with one attached hydrogen (secondary N) is 2. The first-order valence-electron chi connectivity index (χ1n) is 8.67. The highest BCUT2D eigenvalue weighted by molar-refractivity contribution is 5.37. The number of hydrogen-bond donors (Lipinski definition) is 3. The molecule has 3 N–H and O–H groups in total. The quantitative estimate of drug-likeness (QED) is 0.766. The molecular formula is C18H26N2O2. The lowest BCUT2D eigenvalue weighted by atomic mass is 9.78. The summed E-state index contributed by atoms with van der Waals surface area (Å²) in [6, 6.07) is 6.47. The molecule has 4 rings (SSSR count). The van der Waals surface area contributed by atoms with Crippen LogP contribution in [0.3, 0.4) is 0 Å². The van der Waals surface area contributed by atoms with Crippen molar-refractivity contribution in [3.8, 4) is 5.75 Å². The number of hydrogen-bond acceptors (Lipinski definition) is 4. The highest BCUT2D eigenvalue weighted by atomic mass is 16.5. The topological polar surface area (TPSA) is 53.5 Å². The molecule has 22 heavy (non-hydrogen) atoms. The standard InChI is InChI=1S/C18H26N2O2/c21-17-8-14-10-20-11-15(14)9-18(17)22-16-2-1-12-3-5-19-6-4-13(12)7-16/h1-2,7,14-15,17-21H,3-6,8-11H2/t14-,15+,17+,18+/m0/s1. The van der Waals surface area contributed by atoms with Crippen molar-refractivity contribution < 1.29 is 9.84 Å². The van der Waals surface area contributed by atoms with E-state index in [0.29, 0.717) is 11.8 Å². The summed E-state index contributed by atoms with van der Waals surface area (Å²) in [4.78, 5) is 0. The van der Waals surface area contributed by atoms with E-state index >= 15 is 0 Å². The largest absolute Gasteiger partial charge is 0.488 e. The van der Waals surface area contributed by atoms with Gasteiger partial charge in [-0.3, -0.25) is 0 Å².